The Morgan fingerprint density at radius 2 is 2.31 bits per heavy atom. The summed E-state index contributed by atoms with van der Waals surface area (Å²) in [5, 5.41) is 12.6. The molecule has 0 aromatic carbocycles. The van der Waals surface area contributed by atoms with E-state index >= 15 is 0 Å². The second-order valence-corrected chi connectivity index (χ2v) is 6.27. The summed E-state index contributed by atoms with van der Waals surface area (Å²) in [4.78, 5) is 8.99. The Morgan fingerprint density at radius 1 is 1.38 bits per heavy atom. The van der Waals surface area contributed by atoms with Gasteiger partial charge in [0.2, 0.25) is 5.88 Å². The topological polar surface area (TPSA) is 92.7 Å². The number of anilines is 2. The van der Waals surface area contributed by atoms with E-state index in [1.165, 1.54) is 18.9 Å². The third kappa shape index (κ3) is 3.74. The summed E-state index contributed by atoms with van der Waals surface area (Å²) in [5.74, 6) is 1.25. The SMILES string of the molecule is FC(F)Oc1cc(Nc2cnc3ccn(C[C@@H]4CCCNC4)c3n2)n[nH]1. The average molecular weight is 363 g/mol. The first-order valence-electron chi connectivity index (χ1n) is 8.47. The highest BCUT2D eigenvalue weighted by atomic mass is 19.3. The van der Waals surface area contributed by atoms with Gasteiger partial charge in [-0.25, -0.2) is 15.1 Å². The van der Waals surface area contributed by atoms with E-state index in [1.54, 1.807) is 6.20 Å². The molecule has 4 rings (SSSR count). The van der Waals surface area contributed by atoms with E-state index in [1.807, 2.05) is 12.3 Å². The van der Waals surface area contributed by atoms with Gasteiger partial charge < -0.3 is 19.9 Å². The standard InChI is InChI=1S/C16H19F2N7O/c17-16(18)26-14-6-12(23-24-14)21-13-8-20-11-3-5-25(15(11)22-13)9-10-2-1-4-19-7-10/h3,5-6,8,10,16,19H,1-2,4,7,9H2,(H2,21,22,23,24)/t10-/m1/s1. The first-order chi connectivity index (χ1) is 12.7. The molecular formula is C16H19F2N7O. The van der Waals surface area contributed by atoms with Gasteiger partial charge in [-0.2, -0.15) is 13.9 Å². The van der Waals surface area contributed by atoms with Crippen LogP contribution in [0.1, 0.15) is 12.8 Å². The van der Waals surface area contributed by atoms with Crippen LogP contribution in [0, 0.1) is 5.92 Å². The molecule has 3 N–H and O–H groups in total. The molecule has 4 heterocycles. The van der Waals surface area contributed by atoms with Crippen LogP contribution in [0.3, 0.4) is 0 Å². The Labute approximate surface area is 148 Å². The van der Waals surface area contributed by atoms with Gasteiger partial charge in [0.25, 0.3) is 0 Å². The Balaban J connectivity index is 1.51. The van der Waals surface area contributed by atoms with Crippen molar-refractivity contribution in [2.45, 2.75) is 26.0 Å². The first kappa shape index (κ1) is 16.7. The molecule has 138 valence electrons. The summed E-state index contributed by atoms with van der Waals surface area (Å²) in [6.07, 6.45) is 5.95. The molecule has 0 radical (unpaired) electrons. The zero-order chi connectivity index (χ0) is 17.9. The van der Waals surface area contributed by atoms with Gasteiger partial charge in [0.15, 0.2) is 17.3 Å². The smallest absolute Gasteiger partial charge is 0.388 e. The number of aromatic amines is 1. The molecule has 1 saturated heterocycles. The van der Waals surface area contributed by atoms with Crippen LogP contribution in [-0.4, -0.2) is 44.4 Å². The van der Waals surface area contributed by atoms with Crippen LogP contribution in [0.2, 0.25) is 0 Å². The largest absolute Gasteiger partial charge is 0.417 e. The van der Waals surface area contributed by atoms with Crippen molar-refractivity contribution in [3.05, 3.63) is 24.5 Å². The maximum absolute atomic E-state index is 12.2. The number of aromatic nitrogens is 5. The molecule has 3 aromatic heterocycles. The van der Waals surface area contributed by atoms with Crippen LogP contribution in [0.15, 0.2) is 24.5 Å². The highest BCUT2D eigenvalue weighted by Crippen LogP contribution is 2.21. The monoisotopic (exact) mass is 363 g/mol. The van der Waals surface area contributed by atoms with Crippen molar-refractivity contribution < 1.29 is 13.5 Å². The number of hydrogen-bond donors (Lipinski definition) is 3. The Hall–Kier alpha value is -2.75. The van der Waals surface area contributed by atoms with Gasteiger partial charge in [0, 0.05) is 18.8 Å². The molecule has 1 aliphatic rings. The highest BCUT2D eigenvalue weighted by Gasteiger charge is 2.15. The van der Waals surface area contributed by atoms with Crippen molar-refractivity contribution in [2.24, 2.45) is 5.92 Å². The van der Waals surface area contributed by atoms with E-state index in [2.05, 4.69) is 40.1 Å². The molecule has 8 nitrogen and oxygen atoms in total. The van der Waals surface area contributed by atoms with Crippen molar-refractivity contribution in [3.63, 3.8) is 0 Å². The van der Waals surface area contributed by atoms with Crippen molar-refractivity contribution >= 4 is 22.8 Å². The van der Waals surface area contributed by atoms with Gasteiger partial charge in [0.05, 0.1) is 6.20 Å². The molecule has 10 heteroatoms. The van der Waals surface area contributed by atoms with Crippen LogP contribution in [0.4, 0.5) is 20.4 Å². The van der Waals surface area contributed by atoms with Crippen LogP contribution >= 0.6 is 0 Å². The zero-order valence-corrected chi connectivity index (χ0v) is 14.0. The molecular weight excluding hydrogens is 344 g/mol. The lowest BCUT2D eigenvalue weighted by atomic mass is 10.00. The molecule has 1 atom stereocenters. The van der Waals surface area contributed by atoms with E-state index in [0.717, 1.165) is 30.8 Å². The number of halogens is 2. The lowest BCUT2D eigenvalue weighted by molar-refractivity contribution is -0.0528. The lowest BCUT2D eigenvalue weighted by Crippen LogP contribution is -2.32. The van der Waals surface area contributed by atoms with E-state index in [0.29, 0.717) is 17.6 Å². The second kappa shape index (κ2) is 7.24. The first-order valence-corrected chi connectivity index (χ1v) is 8.47. The number of fused-ring (bicyclic) bond motifs is 1. The molecule has 0 bridgehead atoms. The van der Waals surface area contributed by atoms with Crippen molar-refractivity contribution in [3.8, 4) is 5.88 Å². The molecule has 0 unspecified atom stereocenters. The second-order valence-electron chi connectivity index (χ2n) is 6.27. The fourth-order valence-electron chi connectivity index (χ4n) is 3.17. The summed E-state index contributed by atoms with van der Waals surface area (Å²) in [7, 11) is 0. The van der Waals surface area contributed by atoms with E-state index in [4.69, 9.17) is 0 Å². The van der Waals surface area contributed by atoms with Gasteiger partial charge in [-0.05, 0) is 37.9 Å². The number of ether oxygens (including phenoxy) is 1. The highest BCUT2D eigenvalue weighted by molar-refractivity contribution is 5.73. The van der Waals surface area contributed by atoms with Crippen LogP contribution in [0.5, 0.6) is 5.88 Å². The van der Waals surface area contributed by atoms with Gasteiger partial charge in [-0.3, -0.25) is 0 Å². The number of rotatable bonds is 6. The van der Waals surface area contributed by atoms with Crippen molar-refractivity contribution in [2.75, 3.05) is 18.4 Å². The number of nitrogens with one attached hydrogen (secondary N) is 3. The minimum Gasteiger partial charge on any atom is -0.417 e. The Bertz CT molecular complexity index is 872. The molecule has 1 aliphatic heterocycles. The normalized spacial score (nSPS) is 17.7. The van der Waals surface area contributed by atoms with Gasteiger partial charge in [-0.1, -0.05) is 0 Å². The number of alkyl halides is 2. The molecule has 0 amide bonds. The van der Waals surface area contributed by atoms with E-state index in [9.17, 15) is 8.78 Å². The zero-order valence-electron chi connectivity index (χ0n) is 14.0. The van der Waals surface area contributed by atoms with Crippen LogP contribution < -0.4 is 15.4 Å². The number of piperidine rings is 1. The summed E-state index contributed by atoms with van der Waals surface area (Å²) in [6, 6.07) is 3.27. The molecule has 26 heavy (non-hydrogen) atoms. The van der Waals surface area contributed by atoms with Gasteiger partial charge in [0.1, 0.15) is 5.52 Å². The number of H-pyrrole nitrogens is 1. The third-order valence-corrected chi connectivity index (χ3v) is 4.35. The van der Waals surface area contributed by atoms with Crippen LogP contribution in [0.25, 0.3) is 11.2 Å². The summed E-state index contributed by atoms with van der Waals surface area (Å²) >= 11 is 0. The molecule has 0 saturated carbocycles. The molecule has 0 aliphatic carbocycles. The van der Waals surface area contributed by atoms with Crippen molar-refractivity contribution in [1.82, 2.24) is 30.0 Å². The molecule has 1 fully saturated rings. The average Bonchev–Trinajstić information content (AvgIpc) is 3.22. The molecule has 0 spiro atoms. The third-order valence-electron chi connectivity index (χ3n) is 4.35. The fourth-order valence-corrected chi connectivity index (χ4v) is 3.17. The van der Waals surface area contributed by atoms with Gasteiger partial charge in [-0.15, -0.1) is 0 Å². The minimum absolute atomic E-state index is 0.121. The van der Waals surface area contributed by atoms with E-state index < -0.39 is 6.61 Å². The minimum atomic E-state index is -2.91. The maximum atomic E-state index is 12.2. The van der Waals surface area contributed by atoms with Crippen molar-refractivity contribution in [1.29, 1.82) is 0 Å². The predicted octanol–water partition coefficient (Wildman–Crippen LogP) is 2.50. The maximum Gasteiger partial charge on any atom is 0.388 e. The quantitative estimate of drug-likeness (QED) is 0.623. The Kier molecular flexibility index (Phi) is 4.65. The fraction of sp³-hybridized carbons (Fsp3) is 0.438. The number of hydrogen-bond acceptors (Lipinski definition) is 6. The van der Waals surface area contributed by atoms with Gasteiger partial charge >= 0.3 is 6.61 Å². The lowest BCUT2D eigenvalue weighted by Gasteiger charge is -2.23. The number of nitrogens with zero attached hydrogens (tertiary/aromatic N) is 4. The molecule has 3 aromatic rings. The summed E-state index contributed by atoms with van der Waals surface area (Å²) < 4.78 is 30.8. The van der Waals surface area contributed by atoms with E-state index in [-0.39, 0.29) is 5.88 Å². The summed E-state index contributed by atoms with van der Waals surface area (Å²) in [6.45, 7) is 0.0591. The predicted molar refractivity (Wildman–Crippen MR) is 91.6 cm³/mol. The van der Waals surface area contributed by atoms with Crippen LogP contribution in [-0.2, 0) is 6.54 Å². The summed E-state index contributed by atoms with van der Waals surface area (Å²) in [5.41, 5.74) is 1.59. The Morgan fingerprint density at radius 3 is 3.12 bits per heavy atom.